The Balaban J connectivity index is 1.68. The number of nitrogens with zero attached hydrogens (tertiary/aromatic N) is 2. The van der Waals surface area contributed by atoms with E-state index in [1.807, 2.05) is 6.92 Å². The lowest BCUT2D eigenvalue weighted by molar-refractivity contribution is -0.138. The molecule has 7 nitrogen and oxygen atoms in total. The summed E-state index contributed by atoms with van der Waals surface area (Å²) >= 11 is 0. The topological polar surface area (TPSA) is 84.0 Å². The van der Waals surface area contributed by atoms with Gasteiger partial charge >= 0.3 is 5.97 Å². The van der Waals surface area contributed by atoms with Crippen LogP contribution in [0.3, 0.4) is 0 Å². The maximum absolute atomic E-state index is 12.8. The molecule has 1 heterocycles. The van der Waals surface area contributed by atoms with Crippen molar-refractivity contribution in [3.05, 3.63) is 59.7 Å². The summed E-state index contributed by atoms with van der Waals surface area (Å²) in [5, 5.41) is 0. The maximum atomic E-state index is 12.8. The van der Waals surface area contributed by atoms with E-state index in [1.165, 1.54) is 31.3 Å². The highest BCUT2D eigenvalue weighted by Crippen LogP contribution is 2.23. The van der Waals surface area contributed by atoms with Gasteiger partial charge in [0.2, 0.25) is 0 Å². The van der Waals surface area contributed by atoms with Gasteiger partial charge in [0.25, 0.3) is 15.9 Å². The van der Waals surface area contributed by atoms with Crippen molar-refractivity contribution in [2.24, 2.45) is 0 Å². The van der Waals surface area contributed by atoms with Crippen LogP contribution in [0.1, 0.15) is 35.7 Å². The van der Waals surface area contributed by atoms with Crippen LogP contribution >= 0.6 is 0 Å². The van der Waals surface area contributed by atoms with Crippen molar-refractivity contribution in [1.82, 2.24) is 4.90 Å². The van der Waals surface area contributed by atoms with Crippen LogP contribution in [0.15, 0.2) is 53.4 Å². The summed E-state index contributed by atoms with van der Waals surface area (Å²) in [5.41, 5.74) is 1.63. The van der Waals surface area contributed by atoms with Crippen molar-refractivity contribution in [1.29, 1.82) is 0 Å². The minimum atomic E-state index is -3.71. The molecule has 160 valence electrons. The minimum Gasteiger partial charge on any atom is -0.449 e. The van der Waals surface area contributed by atoms with Crippen LogP contribution in [0.5, 0.6) is 0 Å². The van der Waals surface area contributed by atoms with E-state index < -0.39 is 22.1 Å². The molecule has 1 aliphatic heterocycles. The maximum Gasteiger partial charge on any atom is 0.338 e. The Hall–Kier alpha value is -2.87. The molecule has 1 aliphatic rings. The largest absolute Gasteiger partial charge is 0.449 e. The van der Waals surface area contributed by atoms with Crippen molar-refractivity contribution >= 4 is 27.6 Å². The predicted octanol–water partition coefficient (Wildman–Crippen LogP) is 2.99. The third kappa shape index (κ3) is 4.64. The van der Waals surface area contributed by atoms with Crippen LogP contribution < -0.4 is 4.31 Å². The molecular weight excluding hydrogens is 404 g/mol. The number of likely N-dealkylation sites (tertiary alicyclic amines) is 1. The Morgan fingerprint density at radius 1 is 1.00 bits per heavy atom. The molecule has 0 radical (unpaired) electrons. The number of esters is 1. The minimum absolute atomic E-state index is 0.188. The Bertz CT molecular complexity index is 1010. The molecule has 1 amide bonds. The van der Waals surface area contributed by atoms with E-state index in [1.54, 1.807) is 36.1 Å². The molecular formula is C22H26N2O5S. The second kappa shape index (κ2) is 8.87. The smallest absolute Gasteiger partial charge is 0.338 e. The molecule has 8 heteroatoms. The first-order valence-electron chi connectivity index (χ1n) is 9.85. The van der Waals surface area contributed by atoms with Crippen molar-refractivity contribution in [2.75, 3.05) is 24.4 Å². The molecule has 0 saturated carbocycles. The Labute approximate surface area is 177 Å². The van der Waals surface area contributed by atoms with Crippen LogP contribution in [0.25, 0.3) is 0 Å². The lowest BCUT2D eigenvalue weighted by Gasteiger charge is -2.21. The zero-order valence-corrected chi connectivity index (χ0v) is 18.2. The molecule has 1 saturated heterocycles. The quantitative estimate of drug-likeness (QED) is 0.658. The normalized spacial score (nSPS) is 15.0. The number of carbonyl (C=O) groups is 2. The summed E-state index contributed by atoms with van der Waals surface area (Å²) in [6, 6.07) is 12.7. The summed E-state index contributed by atoms with van der Waals surface area (Å²) in [5.74, 6) is -0.813. The average Bonchev–Trinajstić information content (AvgIpc) is 3.27. The average molecular weight is 431 g/mol. The summed E-state index contributed by atoms with van der Waals surface area (Å²) in [6.45, 7) is 4.83. The highest BCUT2D eigenvalue weighted by atomic mass is 32.2. The van der Waals surface area contributed by atoms with Gasteiger partial charge < -0.3 is 9.64 Å². The summed E-state index contributed by atoms with van der Waals surface area (Å²) in [6.07, 6.45) is 1.07. The standard InChI is InChI=1S/C22H26N2O5S/c1-16-6-12-20(13-7-16)30(27,28)23(3)19-10-8-18(9-11-19)22(26)29-17(2)21(25)24-14-4-5-15-24/h6-13,17H,4-5,14-15H2,1-3H3. The molecule has 0 N–H and O–H groups in total. The number of ether oxygens (including phenoxy) is 1. The highest BCUT2D eigenvalue weighted by molar-refractivity contribution is 7.92. The fourth-order valence-corrected chi connectivity index (χ4v) is 4.48. The second-order valence-corrected chi connectivity index (χ2v) is 9.38. The number of aryl methyl sites for hydroxylation is 1. The Morgan fingerprint density at radius 3 is 2.13 bits per heavy atom. The lowest BCUT2D eigenvalue weighted by Crippen LogP contribution is -2.38. The van der Waals surface area contributed by atoms with Gasteiger partial charge in [-0.2, -0.15) is 0 Å². The number of carbonyl (C=O) groups excluding carboxylic acids is 2. The number of sulfonamides is 1. The number of benzene rings is 2. The number of rotatable bonds is 6. The second-order valence-electron chi connectivity index (χ2n) is 7.41. The van der Waals surface area contributed by atoms with E-state index in [4.69, 9.17) is 4.74 Å². The van der Waals surface area contributed by atoms with E-state index in [0.29, 0.717) is 18.8 Å². The van der Waals surface area contributed by atoms with Crippen molar-refractivity contribution in [3.8, 4) is 0 Å². The summed E-state index contributed by atoms with van der Waals surface area (Å²) in [7, 11) is -2.26. The molecule has 1 unspecified atom stereocenters. The van der Waals surface area contributed by atoms with E-state index in [-0.39, 0.29) is 16.4 Å². The van der Waals surface area contributed by atoms with Gasteiger partial charge in [-0.25, -0.2) is 13.2 Å². The highest BCUT2D eigenvalue weighted by Gasteiger charge is 2.26. The SMILES string of the molecule is Cc1ccc(S(=O)(=O)N(C)c2ccc(C(=O)OC(C)C(=O)N3CCCC3)cc2)cc1. The van der Waals surface area contributed by atoms with Crippen LogP contribution in [0, 0.1) is 6.92 Å². The molecule has 1 fully saturated rings. The monoisotopic (exact) mass is 430 g/mol. The summed E-state index contributed by atoms with van der Waals surface area (Å²) < 4.78 is 32.1. The third-order valence-corrected chi connectivity index (χ3v) is 7.00. The van der Waals surface area contributed by atoms with Gasteiger partial charge in [0.1, 0.15) is 0 Å². The third-order valence-electron chi connectivity index (χ3n) is 5.20. The number of hydrogen-bond acceptors (Lipinski definition) is 5. The number of hydrogen-bond donors (Lipinski definition) is 0. The fourth-order valence-electron chi connectivity index (χ4n) is 3.29. The zero-order valence-electron chi connectivity index (χ0n) is 17.4. The first-order valence-corrected chi connectivity index (χ1v) is 11.3. The zero-order chi connectivity index (χ0) is 21.9. The van der Waals surface area contributed by atoms with Crippen molar-refractivity contribution < 1.29 is 22.7 Å². The van der Waals surface area contributed by atoms with Crippen LogP contribution in [0.2, 0.25) is 0 Å². The van der Waals surface area contributed by atoms with Gasteiger partial charge in [-0.3, -0.25) is 9.10 Å². The molecule has 2 aromatic carbocycles. The number of amides is 1. The summed E-state index contributed by atoms with van der Waals surface area (Å²) in [4.78, 5) is 26.6. The molecule has 0 spiro atoms. The van der Waals surface area contributed by atoms with Crippen molar-refractivity contribution in [3.63, 3.8) is 0 Å². The van der Waals surface area contributed by atoms with Gasteiger partial charge in [-0.1, -0.05) is 17.7 Å². The molecule has 30 heavy (non-hydrogen) atoms. The first-order chi connectivity index (χ1) is 14.2. The van der Waals surface area contributed by atoms with Gasteiger partial charge in [0.05, 0.1) is 16.1 Å². The van der Waals surface area contributed by atoms with Crippen LogP contribution in [-0.4, -0.2) is 51.4 Å². The predicted molar refractivity (Wildman–Crippen MR) is 114 cm³/mol. The van der Waals surface area contributed by atoms with Crippen LogP contribution in [0.4, 0.5) is 5.69 Å². The fraction of sp³-hybridized carbons (Fsp3) is 0.364. The van der Waals surface area contributed by atoms with E-state index in [0.717, 1.165) is 22.7 Å². The van der Waals surface area contributed by atoms with Gasteiger partial charge in [-0.05, 0) is 63.1 Å². The molecule has 0 bridgehead atoms. The molecule has 2 aromatic rings. The van der Waals surface area contributed by atoms with E-state index in [2.05, 4.69) is 0 Å². The lowest BCUT2D eigenvalue weighted by atomic mass is 10.2. The van der Waals surface area contributed by atoms with Gasteiger partial charge in [-0.15, -0.1) is 0 Å². The molecule has 0 aromatic heterocycles. The number of anilines is 1. The van der Waals surface area contributed by atoms with Gasteiger partial charge in [0.15, 0.2) is 6.10 Å². The van der Waals surface area contributed by atoms with Crippen LogP contribution in [-0.2, 0) is 19.6 Å². The Kier molecular flexibility index (Phi) is 6.45. The van der Waals surface area contributed by atoms with E-state index >= 15 is 0 Å². The molecule has 3 rings (SSSR count). The van der Waals surface area contributed by atoms with Gasteiger partial charge in [0, 0.05) is 20.1 Å². The van der Waals surface area contributed by atoms with Crippen molar-refractivity contribution in [2.45, 2.75) is 37.7 Å². The molecule has 0 aliphatic carbocycles. The Morgan fingerprint density at radius 2 is 1.57 bits per heavy atom. The molecule has 1 atom stereocenters. The van der Waals surface area contributed by atoms with E-state index in [9.17, 15) is 18.0 Å². The first kappa shape index (κ1) is 21.8.